The van der Waals surface area contributed by atoms with Crippen molar-refractivity contribution < 1.29 is 26.4 Å². The van der Waals surface area contributed by atoms with Crippen molar-refractivity contribution in [2.24, 2.45) is 0 Å². The second-order valence-corrected chi connectivity index (χ2v) is 11.2. The van der Waals surface area contributed by atoms with Gasteiger partial charge >= 0.3 is 0 Å². The third-order valence-corrected chi connectivity index (χ3v) is 7.08. The van der Waals surface area contributed by atoms with Gasteiger partial charge in [-0.3, -0.25) is 4.79 Å². The van der Waals surface area contributed by atoms with Crippen LogP contribution in [0.4, 0.5) is 0 Å². The number of hydrogen-bond donors (Lipinski definition) is 0. The molecule has 1 unspecified atom stereocenters. The predicted molar refractivity (Wildman–Crippen MR) is 115 cm³/mol. The van der Waals surface area contributed by atoms with Gasteiger partial charge in [0.05, 0.1) is 22.4 Å². The van der Waals surface area contributed by atoms with Gasteiger partial charge in [0, 0.05) is 26.0 Å². The molecule has 0 radical (unpaired) electrons. The highest BCUT2D eigenvalue weighted by atomic mass is 32.2. The number of hydrogen-bond acceptors (Lipinski definition) is 6. The van der Waals surface area contributed by atoms with E-state index in [1.165, 1.54) is 12.1 Å². The summed E-state index contributed by atoms with van der Waals surface area (Å²) < 4.78 is 51.6. The highest BCUT2D eigenvalue weighted by molar-refractivity contribution is 7.91. The Morgan fingerprint density at radius 3 is 1.83 bits per heavy atom. The summed E-state index contributed by atoms with van der Waals surface area (Å²) >= 11 is 0. The molecule has 0 aromatic heterocycles. The molecule has 0 bridgehead atoms. The first-order valence-electron chi connectivity index (χ1n) is 9.38. The summed E-state index contributed by atoms with van der Waals surface area (Å²) in [5, 5.41) is 0. The van der Waals surface area contributed by atoms with E-state index in [2.05, 4.69) is 0 Å². The number of amides is 1. The van der Waals surface area contributed by atoms with Crippen molar-refractivity contribution in [1.29, 1.82) is 0 Å². The minimum atomic E-state index is -3.25. The largest absolute Gasteiger partial charge is 0.494 e. The molecular formula is C21H27NO6S2. The first-order chi connectivity index (χ1) is 13.9. The number of ether oxygens (including phenoxy) is 1. The van der Waals surface area contributed by atoms with Gasteiger partial charge in [-0.05, 0) is 55.3 Å². The third kappa shape index (κ3) is 6.56. The van der Waals surface area contributed by atoms with Crippen molar-refractivity contribution in [3.05, 3.63) is 54.1 Å². The summed E-state index contributed by atoms with van der Waals surface area (Å²) in [7, 11) is -4.79. The van der Waals surface area contributed by atoms with Crippen LogP contribution in [0.1, 0.15) is 31.4 Å². The molecular weight excluding hydrogens is 426 g/mol. The van der Waals surface area contributed by atoms with E-state index in [1.54, 1.807) is 48.3 Å². The topological polar surface area (TPSA) is 97.8 Å². The minimum absolute atomic E-state index is 0.0503. The number of carbonyl (C=O) groups excluding carboxylic acids is 1. The maximum absolute atomic E-state index is 12.5. The third-order valence-electron chi connectivity index (χ3n) is 4.82. The Labute approximate surface area is 178 Å². The summed E-state index contributed by atoms with van der Waals surface area (Å²) in [5.41, 5.74) is 0.848. The lowest BCUT2D eigenvalue weighted by Gasteiger charge is -2.25. The molecule has 2 rings (SSSR count). The van der Waals surface area contributed by atoms with E-state index in [0.717, 1.165) is 18.1 Å². The Hall–Kier alpha value is -2.39. The molecule has 0 saturated heterocycles. The van der Waals surface area contributed by atoms with Crippen molar-refractivity contribution in [2.45, 2.75) is 35.6 Å². The van der Waals surface area contributed by atoms with Crippen LogP contribution in [0, 0.1) is 0 Å². The molecule has 9 heteroatoms. The monoisotopic (exact) mass is 453 g/mol. The molecule has 164 valence electrons. The van der Waals surface area contributed by atoms with Crippen LogP contribution in [-0.2, 0) is 24.5 Å². The molecule has 0 aliphatic rings. The van der Waals surface area contributed by atoms with E-state index in [0.29, 0.717) is 25.2 Å². The van der Waals surface area contributed by atoms with Crippen LogP contribution < -0.4 is 4.74 Å². The number of nitrogens with zero attached hydrogens (tertiary/aromatic N) is 1. The summed E-state index contributed by atoms with van der Waals surface area (Å²) in [6, 6.07) is 12.5. The Kier molecular flexibility index (Phi) is 7.65. The van der Waals surface area contributed by atoms with Crippen LogP contribution in [0.15, 0.2) is 58.3 Å². The summed E-state index contributed by atoms with van der Waals surface area (Å²) in [5.74, 6) is 0.494. The molecule has 30 heavy (non-hydrogen) atoms. The lowest BCUT2D eigenvalue weighted by Crippen LogP contribution is -2.29. The summed E-state index contributed by atoms with van der Waals surface area (Å²) in [6.45, 7) is 2.21. The Morgan fingerprint density at radius 2 is 1.37 bits per heavy atom. The van der Waals surface area contributed by atoms with Gasteiger partial charge in [0.1, 0.15) is 5.75 Å². The fourth-order valence-corrected chi connectivity index (χ4v) is 4.07. The standard InChI is InChI=1S/C21H27NO6S2/c1-16(17-7-11-19(12-8-17)29(3,24)25)22(2)21(23)6-5-15-28-18-9-13-20(14-10-18)30(4,26)27/h7-14,16H,5-6,15H2,1-4H3. The van der Waals surface area contributed by atoms with Crippen molar-refractivity contribution in [1.82, 2.24) is 4.90 Å². The molecule has 0 aliphatic carbocycles. The number of sulfone groups is 2. The molecule has 2 aromatic carbocycles. The van der Waals surface area contributed by atoms with Crippen molar-refractivity contribution >= 4 is 25.6 Å². The first-order valence-corrected chi connectivity index (χ1v) is 13.2. The molecule has 0 heterocycles. The Balaban J connectivity index is 1.84. The van der Waals surface area contributed by atoms with Crippen LogP contribution in [0.2, 0.25) is 0 Å². The average molecular weight is 454 g/mol. The molecule has 0 N–H and O–H groups in total. The van der Waals surface area contributed by atoms with Crippen molar-refractivity contribution in [2.75, 3.05) is 26.2 Å². The number of carbonyl (C=O) groups is 1. The highest BCUT2D eigenvalue weighted by Gasteiger charge is 2.18. The maximum Gasteiger partial charge on any atom is 0.222 e. The molecule has 0 aliphatic heterocycles. The molecule has 0 fully saturated rings. The van der Waals surface area contributed by atoms with Gasteiger partial charge in [0.15, 0.2) is 19.7 Å². The normalized spacial score (nSPS) is 12.9. The first kappa shape index (κ1) is 23.9. The number of benzene rings is 2. The zero-order valence-electron chi connectivity index (χ0n) is 17.5. The molecule has 1 atom stereocenters. The second-order valence-electron chi connectivity index (χ2n) is 7.22. The Morgan fingerprint density at radius 1 is 0.900 bits per heavy atom. The fraction of sp³-hybridized carbons (Fsp3) is 0.381. The molecule has 2 aromatic rings. The van der Waals surface area contributed by atoms with Gasteiger partial charge in [-0.15, -0.1) is 0 Å². The minimum Gasteiger partial charge on any atom is -0.494 e. The van der Waals surface area contributed by atoms with Gasteiger partial charge in [-0.2, -0.15) is 0 Å². The summed E-state index contributed by atoms with van der Waals surface area (Å²) in [4.78, 5) is 14.6. The average Bonchev–Trinajstić information content (AvgIpc) is 2.69. The van der Waals surface area contributed by atoms with E-state index < -0.39 is 19.7 Å². The SMILES string of the molecule is CC(c1ccc(S(C)(=O)=O)cc1)N(C)C(=O)CCCOc1ccc(S(C)(=O)=O)cc1. The fourth-order valence-electron chi connectivity index (χ4n) is 2.81. The molecule has 1 amide bonds. The van der Waals surface area contributed by atoms with Crippen LogP contribution in [-0.4, -0.2) is 53.8 Å². The quantitative estimate of drug-likeness (QED) is 0.542. The highest BCUT2D eigenvalue weighted by Crippen LogP contribution is 2.22. The van der Waals surface area contributed by atoms with Gasteiger partial charge < -0.3 is 9.64 Å². The Bertz CT molecular complexity index is 1080. The van der Waals surface area contributed by atoms with Gasteiger partial charge in [-0.1, -0.05) is 12.1 Å². The zero-order valence-corrected chi connectivity index (χ0v) is 19.2. The van der Waals surface area contributed by atoms with Gasteiger partial charge in [-0.25, -0.2) is 16.8 Å². The molecule has 0 spiro atoms. The maximum atomic E-state index is 12.5. The lowest BCUT2D eigenvalue weighted by atomic mass is 10.1. The van der Waals surface area contributed by atoms with Gasteiger partial charge in [0.2, 0.25) is 5.91 Å². The predicted octanol–water partition coefficient (Wildman–Crippen LogP) is 2.87. The van der Waals surface area contributed by atoms with Crippen molar-refractivity contribution in [3.8, 4) is 5.75 Å². The molecule has 7 nitrogen and oxygen atoms in total. The molecule has 0 saturated carbocycles. The van der Waals surface area contributed by atoms with E-state index in [-0.39, 0.29) is 21.7 Å². The van der Waals surface area contributed by atoms with Crippen molar-refractivity contribution in [3.63, 3.8) is 0 Å². The van der Waals surface area contributed by atoms with Crippen LogP contribution in [0.5, 0.6) is 5.75 Å². The smallest absolute Gasteiger partial charge is 0.222 e. The zero-order chi connectivity index (χ0) is 22.5. The summed E-state index contributed by atoms with van der Waals surface area (Å²) in [6.07, 6.45) is 3.11. The van der Waals surface area contributed by atoms with Crippen LogP contribution in [0.3, 0.4) is 0 Å². The number of rotatable bonds is 9. The van der Waals surface area contributed by atoms with E-state index >= 15 is 0 Å². The van der Waals surface area contributed by atoms with E-state index in [1.807, 2.05) is 6.92 Å². The van der Waals surface area contributed by atoms with Gasteiger partial charge in [0.25, 0.3) is 0 Å². The second kappa shape index (κ2) is 9.61. The van der Waals surface area contributed by atoms with E-state index in [9.17, 15) is 21.6 Å². The van der Waals surface area contributed by atoms with Crippen LogP contribution in [0.25, 0.3) is 0 Å². The van der Waals surface area contributed by atoms with E-state index in [4.69, 9.17) is 4.74 Å². The lowest BCUT2D eigenvalue weighted by molar-refractivity contribution is -0.132. The van der Waals surface area contributed by atoms with Crippen LogP contribution >= 0.6 is 0 Å².